The van der Waals surface area contributed by atoms with E-state index >= 15 is 0 Å². The van der Waals surface area contributed by atoms with Crippen molar-refractivity contribution in [3.05, 3.63) is 12.2 Å². The Labute approximate surface area is 108 Å². The number of carbonyl (C=O) groups excluding carboxylic acids is 1. The van der Waals surface area contributed by atoms with Gasteiger partial charge in [-0.15, -0.1) is 0 Å². The molecule has 0 aromatic carbocycles. The van der Waals surface area contributed by atoms with Crippen LogP contribution in [0.1, 0.15) is 84.0 Å². The summed E-state index contributed by atoms with van der Waals surface area (Å²) in [5, 5.41) is 0. The highest BCUT2D eigenvalue weighted by Crippen LogP contribution is 2.08. The Morgan fingerprint density at radius 2 is 1.12 bits per heavy atom. The Kier molecular flexibility index (Phi) is 14.9. The van der Waals surface area contributed by atoms with E-state index in [1.54, 1.807) is 0 Å². The third-order valence-corrected chi connectivity index (χ3v) is 3.08. The summed E-state index contributed by atoms with van der Waals surface area (Å²) in [5.74, 6) is 0. The van der Waals surface area contributed by atoms with Gasteiger partial charge in [0.25, 0.3) is 0 Å². The normalized spacial score (nSPS) is 11.1. The molecule has 0 saturated heterocycles. The summed E-state index contributed by atoms with van der Waals surface area (Å²) in [6, 6.07) is 0. The molecule has 0 bridgehead atoms. The van der Waals surface area contributed by atoms with Crippen LogP contribution in [0.15, 0.2) is 12.2 Å². The minimum absolute atomic E-state index is 0.750. The maximum Gasteiger partial charge on any atom is 0.119 e. The number of hydrogen-bond donors (Lipinski definition) is 0. The molecule has 0 rings (SSSR count). The molecular formula is C16H30O. The molecule has 0 unspecified atom stereocenters. The van der Waals surface area contributed by atoms with Crippen LogP contribution in [0.4, 0.5) is 0 Å². The minimum Gasteiger partial charge on any atom is -0.303 e. The second-order valence-electron chi connectivity index (χ2n) is 4.83. The van der Waals surface area contributed by atoms with Crippen molar-refractivity contribution in [1.82, 2.24) is 0 Å². The van der Waals surface area contributed by atoms with E-state index in [0.29, 0.717) is 0 Å². The molecule has 0 amide bonds. The fourth-order valence-corrected chi connectivity index (χ4v) is 1.94. The predicted molar refractivity (Wildman–Crippen MR) is 76.3 cm³/mol. The van der Waals surface area contributed by atoms with Crippen molar-refractivity contribution in [1.29, 1.82) is 0 Å². The quantitative estimate of drug-likeness (QED) is 0.237. The van der Waals surface area contributed by atoms with Gasteiger partial charge in [0.15, 0.2) is 0 Å². The smallest absolute Gasteiger partial charge is 0.119 e. The topological polar surface area (TPSA) is 17.1 Å². The van der Waals surface area contributed by atoms with Crippen LogP contribution in [0, 0.1) is 0 Å². The zero-order valence-corrected chi connectivity index (χ0v) is 11.6. The number of aldehydes is 1. The van der Waals surface area contributed by atoms with E-state index in [9.17, 15) is 4.79 Å². The van der Waals surface area contributed by atoms with Crippen LogP contribution in [-0.2, 0) is 4.79 Å². The van der Waals surface area contributed by atoms with Gasteiger partial charge >= 0.3 is 0 Å². The van der Waals surface area contributed by atoms with Crippen LogP contribution < -0.4 is 0 Å². The fraction of sp³-hybridized carbons (Fsp3) is 0.812. The first-order valence-corrected chi connectivity index (χ1v) is 7.50. The van der Waals surface area contributed by atoms with Gasteiger partial charge in [-0.1, -0.05) is 57.6 Å². The zero-order chi connectivity index (χ0) is 12.6. The van der Waals surface area contributed by atoms with Crippen molar-refractivity contribution < 1.29 is 4.79 Å². The molecule has 0 radical (unpaired) electrons. The van der Waals surface area contributed by atoms with E-state index in [4.69, 9.17) is 0 Å². The molecule has 0 aliphatic heterocycles. The Balaban J connectivity index is 2.99. The summed E-state index contributed by atoms with van der Waals surface area (Å²) in [7, 11) is 0. The summed E-state index contributed by atoms with van der Waals surface area (Å²) in [4.78, 5) is 10.1. The van der Waals surface area contributed by atoms with Crippen LogP contribution in [-0.4, -0.2) is 6.29 Å². The Morgan fingerprint density at radius 1 is 0.647 bits per heavy atom. The van der Waals surface area contributed by atoms with Crippen molar-refractivity contribution in [2.24, 2.45) is 0 Å². The Bertz CT molecular complexity index is 172. The molecule has 0 fully saturated rings. The fourth-order valence-electron chi connectivity index (χ4n) is 1.94. The van der Waals surface area contributed by atoms with Crippen LogP contribution >= 0.6 is 0 Å². The molecular weight excluding hydrogens is 208 g/mol. The van der Waals surface area contributed by atoms with Crippen LogP contribution in [0.5, 0.6) is 0 Å². The second kappa shape index (κ2) is 15.4. The lowest BCUT2D eigenvalue weighted by Crippen LogP contribution is -1.81. The third-order valence-electron chi connectivity index (χ3n) is 3.08. The van der Waals surface area contributed by atoms with Crippen LogP contribution in [0.25, 0.3) is 0 Å². The van der Waals surface area contributed by atoms with Gasteiger partial charge in [0.1, 0.15) is 6.29 Å². The lowest BCUT2D eigenvalue weighted by atomic mass is 10.1. The van der Waals surface area contributed by atoms with Gasteiger partial charge < -0.3 is 4.79 Å². The van der Waals surface area contributed by atoms with E-state index in [1.165, 1.54) is 64.2 Å². The Hall–Kier alpha value is -0.590. The zero-order valence-electron chi connectivity index (χ0n) is 11.6. The molecule has 100 valence electrons. The van der Waals surface area contributed by atoms with Crippen LogP contribution in [0.3, 0.4) is 0 Å². The highest BCUT2D eigenvalue weighted by molar-refractivity contribution is 5.48. The van der Waals surface area contributed by atoms with E-state index in [2.05, 4.69) is 19.1 Å². The lowest BCUT2D eigenvalue weighted by molar-refractivity contribution is -0.107. The second-order valence-corrected chi connectivity index (χ2v) is 4.83. The molecule has 0 aromatic heterocycles. The van der Waals surface area contributed by atoms with Crippen molar-refractivity contribution in [3.63, 3.8) is 0 Å². The number of hydrogen-bond acceptors (Lipinski definition) is 1. The highest BCUT2D eigenvalue weighted by atomic mass is 16.1. The lowest BCUT2D eigenvalue weighted by Gasteiger charge is -1.98. The van der Waals surface area contributed by atoms with Gasteiger partial charge in [0.05, 0.1) is 0 Å². The summed E-state index contributed by atoms with van der Waals surface area (Å²) in [6.07, 6.45) is 20.7. The SMILES string of the molecule is CCCCCC=CCCCCCCCCC=O. The molecule has 0 aromatic rings. The third kappa shape index (κ3) is 15.4. The van der Waals surface area contributed by atoms with E-state index < -0.39 is 0 Å². The number of allylic oxidation sites excluding steroid dienone is 2. The first-order valence-electron chi connectivity index (χ1n) is 7.50. The molecule has 0 N–H and O–H groups in total. The largest absolute Gasteiger partial charge is 0.303 e. The van der Waals surface area contributed by atoms with E-state index in [0.717, 1.165) is 19.1 Å². The van der Waals surface area contributed by atoms with E-state index in [-0.39, 0.29) is 0 Å². The average Bonchev–Trinajstić information content (AvgIpc) is 2.35. The summed E-state index contributed by atoms with van der Waals surface area (Å²) in [6.45, 7) is 2.25. The maximum atomic E-state index is 10.1. The molecule has 0 heterocycles. The number of rotatable bonds is 13. The van der Waals surface area contributed by atoms with E-state index in [1.807, 2.05) is 0 Å². The predicted octanol–water partition coefficient (Wildman–Crippen LogP) is 5.44. The van der Waals surface area contributed by atoms with Gasteiger partial charge in [0.2, 0.25) is 0 Å². The highest BCUT2D eigenvalue weighted by Gasteiger charge is 1.90. The Morgan fingerprint density at radius 3 is 1.65 bits per heavy atom. The van der Waals surface area contributed by atoms with Gasteiger partial charge in [-0.05, 0) is 32.1 Å². The first-order chi connectivity index (χ1) is 8.41. The molecule has 1 heteroatoms. The van der Waals surface area contributed by atoms with Crippen LogP contribution in [0.2, 0.25) is 0 Å². The maximum absolute atomic E-state index is 10.1. The molecule has 1 nitrogen and oxygen atoms in total. The van der Waals surface area contributed by atoms with Gasteiger partial charge in [-0.25, -0.2) is 0 Å². The molecule has 17 heavy (non-hydrogen) atoms. The van der Waals surface area contributed by atoms with Crippen molar-refractivity contribution in [2.45, 2.75) is 84.0 Å². The summed E-state index contributed by atoms with van der Waals surface area (Å²) in [5.41, 5.74) is 0. The minimum atomic E-state index is 0.750. The summed E-state index contributed by atoms with van der Waals surface area (Å²) < 4.78 is 0. The number of carbonyl (C=O) groups is 1. The van der Waals surface area contributed by atoms with Crippen molar-refractivity contribution in [2.75, 3.05) is 0 Å². The monoisotopic (exact) mass is 238 g/mol. The molecule has 0 aliphatic rings. The van der Waals surface area contributed by atoms with Gasteiger partial charge in [-0.3, -0.25) is 0 Å². The van der Waals surface area contributed by atoms with Gasteiger partial charge in [0, 0.05) is 6.42 Å². The molecule has 0 aliphatic carbocycles. The molecule has 0 saturated carbocycles. The summed E-state index contributed by atoms with van der Waals surface area (Å²) >= 11 is 0. The number of unbranched alkanes of at least 4 members (excludes halogenated alkanes) is 10. The van der Waals surface area contributed by atoms with Crippen molar-refractivity contribution >= 4 is 6.29 Å². The first kappa shape index (κ1) is 16.4. The van der Waals surface area contributed by atoms with Crippen molar-refractivity contribution in [3.8, 4) is 0 Å². The average molecular weight is 238 g/mol. The van der Waals surface area contributed by atoms with Gasteiger partial charge in [-0.2, -0.15) is 0 Å². The molecule has 0 spiro atoms. The standard InChI is InChI=1S/C16H30O/c1-2-3-4-5-6-7-8-9-10-11-12-13-14-15-16-17/h6-7,16H,2-5,8-15H2,1H3. The molecule has 0 atom stereocenters.